The van der Waals surface area contributed by atoms with Gasteiger partial charge in [0.1, 0.15) is 11.5 Å². The van der Waals surface area contributed by atoms with E-state index in [-0.39, 0.29) is 35.3 Å². The SMILES string of the molecule is COc1ccc([C@H]2c3ccc(O)c(O)c3O[C@@]34NC(=S)N[C@@H](c5ccc(OC)cc5)[C@H]3CCC[C@H]24)cc1. The van der Waals surface area contributed by atoms with Gasteiger partial charge in [0.25, 0.3) is 0 Å². The zero-order valence-corrected chi connectivity index (χ0v) is 21.5. The first-order valence-electron chi connectivity index (χ1n) is 12.6. The van der Waals surface area contributed by atoms with Gasteiger partial charge in [-0.25, -0.2) is 0 Å². The van der Waals surface area contributed by atoms with Crippen LogP contribution >= 0.6 is 12.2 Å². The average molecular weight is 519 g/mol. The van der Waals surface area contributed by atoms with Gasteiger partial charge < -0.3 is 35.1 Å². The van der Waals surface area contributed by atoms with Gasteiger partial charge in [-0.1, -0.05) is 36.8 Å². The van der Waals surface area contributed by atoms with Gasteiger partial charge in [0.05, 0.1) is 20.3 Å². The van der Waals surface area contributed by atoms with Crippen LogP contribution in [0.4, 0.5) is 0 Å². The van der Waals surface area contributed by atoms with Crippen molar-refractivity contribution >= 4 is 17.3 Å². The maximum Gasteiger partial charge on any atom is 0.200 e. The quantitative estimate of drug-likeness (QED) is 0.284. The van der Waals surface area contributed by atoms with Crippen molar-refractivity contribution in [1.82, 2.24) is 10.6 Å². The second-order valence-electron chi connectivity index (χ2n) is 9.99. The van der Waals surface area contributed by atoms with E-state index in [0.717, 1.165) is 47.5 Å². The van der Waals surface area contributed by atoms with Gasteiger partial charge in [0.2, 0.25) is 5.75 Å². The highest BCUT2D eigenvalue weighted by atomic mass is 32.1. The zero-order valence-electron chi connectivity index (χ0n) is 20.7. The fraction of sp³-hybridized carbons (Fsp3) is 0.345. The molecule has 8 heteroatoms. The van der Waals surface area contributed by atoms with Crippen LogP contribution in [0.2, 0.25) is 0 Å². The smallest absolute Gasteiger partial charge is 0.200 e. The van der Waals surface area contributed by atoms with Crippen molar-refractivity contribution in [2.75, 3.05) is 14.2 Å². The highest BCUT2D eigenvalue weighted by Crippen LogP contribution is 2.60. The van der Waals surface area contributed by atoms with E-state index in [4.69, 9.17) is 26.4 Å². The highest BCUT2D eigenvalue weighted by Gasteiger charge is 2.61. The minimum absolute atomic E-state index is 0.00184. The second-order valence-corrected chi connectivity index (χ2v) is 10.4. The van der Waals surface area contributed by atoms with Crippen molar-refractivity contribution in [3.05, 3.63) is 77.4 Å². The van der Waals surface area contributed by atoms with Gasteiger partial charge in [-0.05, 0) is 66.5 Å². The molecule has 2 heterocycles. The van der Waals surface area contributed by atoms with Crippen LogP contribution in [0.3, 0.4) is 0 Å². The monoisotopic (exact) mass is 518 g/mol. The second kappa shape index (κ2) is 9.03. The Labute approximate surface area is 221 Å². The lowest BCUT2D eigenvalue weighted by Crippen LogP contribution is -2.73. The molecule has 0 aromatic heterocycles. The predicted octanol–water partition coefficient (Wildman–Crippen LogP) is 4.97. The first-order valence-corrected chi connectivity index (χ1v) is 13.0. The van der Waals surface area contributed by atoms with Crippen molar-refractivity contribution in [3.63, 3.8) is 0 Å². The minimum atomic E-state index is -0.881. The summed E-state index contributed by atoms with van der Waals surface area (Å²) in [6.45, 7) is 0. The van der Waals surface area contributed by atoms with Crippen LogP contribution in [0.5, 0.6) is 28.7 Å². The summed E-state index contributed by atoms with van der Waals surface area (Å²) in [5.41, 5.74) is 2.15. The van der Waals surface area contributed by atoms with E-state index < -0.39 is 5.72 Å². The molecule has 37 heavy (non-hydrogen) atoms. The zero-order chi connectivity index (χ0) is 25.7. The Kier molecular flexibility index (Phi) is 5.79. The normalized spacial score (nSPS) is 27.9. The van der Waals surface area contributed by atoms with Crippen molar-refractivity contribution in [2.24, 2.45) is 11.8 Å². The van der Waals surface area contributed by atoms with Gasteiger partial charge in [-0.2, -0.15) is 0 Å². The molecule has 1 saturated carbocycles. The number of ether oxygens (including phenoxy) is 3. The Morgan fingerprint density at radius 3 is 2.14 bits per heavy atom. The molecule has 0 radical (unpaired) electrons. The van der Waals surface area contributed by atoms with Crippen molar-refractivity contribution in [3.8, 4) is 28.7 Å². The molecule has 1 aliphatic carbocycles. The molecular weight excluding hydrogens is 488 g/mol. The molecule has 2 fully saturated rings. The van der Waals surface area contributed by atoms with Crippen LogP contribution in [0.25, 0.3) is 0 Å². The third kappa shape index (κ3) is 3.73. The average Bonchev–Trinajstić information content (AvgIpc) is 2.93. The third-order valence-corrected chi connectivity index (χ3v) is 8.45. The summed E-state index contributed by atoms with van der Waals surface area (Å²) in [4.78, 5) is 0. The molecule has 0 bridgehead atoms. The number of methoxy groups -OCH3 is 2. The van der Waals surface area contributed by atoms with Gasteiger partial charge in [0, 0.05) is 23.3 Å². The summed E-state index contributed by atoms with van der Waals surface area (Å²) in [6, 6.07) is 19.4. The van der Waals surface area contributed by atoms with Crippen molar-refractivity contribution < 1.29 is 24.4 Å². The number of benzene rings is 3. The maximum absolute atomic E-state index is 11.0. The Bertz CT molecular complexity index is 1330. The predicted molar refractivity (Wildman–Crippen MR) is 143 cm³/mol. The van der Waals surface area contributed by atoms with E-state index in [0.29, 0.717) is 10.9 Å². The van der Waals surface area contributed by atoms with Crippen molar-refractivity contribution in [1.29, 1.82) is 0 Å². The highest BCUT2D eigenvalue weighted by molar-refractivity contribution is 7.80. The summed E-state index contributed by atoms with van der Waals surface area (Å²) < 4.78 is 17.6. The van der Waals surface area contributed by atoms with E-state index in [1.807, 2.05) is 30.3 Å². The summed E-state index contributed by atoms with van der Waals surface area (Å²) >= 11 is 5.75. The molecule has 3 aliphatic rings. The number of phenols is 2. The number of rotatable bonds is 4. The maximum atomic E-state index is 11.0. The molecule has 1 spiro atoms. The van der Waals surface area contributed by atoms with Gasteiger partial charge in [-0.3, -0.25) is 0 Å². The lowest BCUT2D eigenvalue weighted by Gasteiger charge is -2.59. The molecule has 3 aromatic rings. The van der Waals surface area contributed by atoms with E-state index in [2.05, 4.69) is 34.9 Å². The largest absolute Gasteiger partial charge is 0.504 e. The Morgan fingerprint density at radius 1 is 0.865 bits per heavy atom. The van der Waals surface area contributed by atoms with Gasteiger partial charge in [-0.15, -0.1) is 0 Å². The number of phenolic OH excluding ortho intramolecular Hbond substituents is 2. The van der Waals surface area contributed by atoms with E-state index in [1.165, 1.54) is 6.07 Å². The number of nitrogens with one attached hydrogen (secondary N) is 2. The molecule has 1 saturated heterocycles. The molecular formula is C29H30N2O5S. The lowest BCUT2D eigenvalue weighted by molar-refractivity contribution is -0.122. The fourth-order valence-corrected chi connectivity index (χ4v) is 6.86. The summed E-state index contributed by atoms with van der Waals surface area (Å²) in [7, 11) is 3.31. The topological polar surface area (TPSA) is 92.2 Å². The first-order chi connectivity index (χ1) is 17.9. The fourth-order valence-electron chi connectivity index (χ4n) is 6.57. The Morgan fingerprint density at radius 2 is 1.49 bits per heavy atom. The summed E-state index contributed by atoms with van der Waals surface area (Å²) in [5, 5.41) is 28.9. The lowest BCUT2D eigenvalue weighted by atomic mass is 9.60. The number of fused-ring (bicyclic) bond motifs is 1. The summed E-state index contributed by atoms with van der Waals surface area (Å²) in [6.07, 6.45) is 2.84. The van der Waals surface area contributed by atoms with E-state index in [9.17, 15) is 10.2 Å². The molecule has 7 nitrogen and oxygen atoms in total. The molecule has 6 rings (SSSR count). The van der Waals surface area contributed by atoms with Crippen LogP contribution in [0.1, 0.15) is 47.9 Å². The molecule has 3 aromatic carbocycles. The molecule has 0 amide bonds. The van der Waals surface area contributed by atoms with Crippen LogP contribution in [-0.2, 0) is 0 Å². The first kappa shape index (κ1) is 23.7. The molecule has 2 aliphatic heterocycles. The van der Waals surface area contributed by atoms with Crippen LogP contribution in [0, 0.1) is 11.8 Å². The Hall–Kier alpha value is -3.65. The van der Waals surface area contributed by atoms with Crippen LogP contribution in [-0.4, -0.2) is 35.3 Å². The Balaban J connectivity index is 1.52. The molecule has 5 atom stereocenters. The van der Waals surface area contributed by atoms with Crippen LogP contribution < -0.4 is 24.8 Å². The van der Waals surface area contributed by atoms with E-state index >= 15 is 0 Å². The minimum Gasteiger partial charge on any atom is -0.504 e. The number of hydrogen-bond donors (Lipinski definition) is 4. The van der Waals surface area contributed by atoms with Crippen LogP contribution in [0.15, 0.2) is 60.7 Å². The third-order valence-electron chi connectivity index (χ3n) is 8.23. The van der Waals surface area contributed by atoms with E-state index in [1.54, 1.807) is 14.2 Å². The molecule has 4 N–H and O–H groups in total. The number of aromatic hydroxyl groups is 2. The standard InChI is InChI=1S/C29H30N2O5S/c1-34-18-10-6-16(7-11-18)24-20-14-15-23(32)26(33)27(20)36-29-21(24)4-3-5-22(29)25(30-28(37)31-29)17-8-12-19(35-2)13-9-17/h6-15,21-22,24-25,32-33H,3-5H2,1-2H3,(H2,30,31,37)/t21-,22-,24+,25+,29-/m1/s1. The summed E-state index contributed by atoms with van der Waals surface area (Å²) in [5.74, 6) is 1.35. The van der Waals surface area contributed by atoms with Crippen molar-refractivity contribution in [2.45, 2.75) is 36.9 Å². The van der Waals surface area contributed by atoms with Gasteiger partial charge in [0.15, 0.2) is 22.3 Å². The van der Waals surface area contributed by atoms with Gasteiger partial charge >= 0.3 is 0 Å². The number of hydrogen-bond acceptors (Lipinski definition) is 6. The number of thiocarbonyl (C=S) groups is 1. The molecule has 0 unspecified atom stereocenters. The molecule has 192 valence electrons.